The minimum Gasteiger partial charge on any atom is -0.493 e. The van der Waals surface area contributed by atoms with Crippen molar-refractivity contribution < 1.29 is 23.7 Å². The maximum atomic E-state index is 12.7. The Balaban J connectivity index is 1.40. The molecule has 1 aromatic heterocycles. The highest BCUT2D eigenvalue weighted by Crippen LogP contribution is 2.38. The predicted molar refractivity (Wildman–Crippen MR) is 122 cm³/mol. The summed E-state index contributed by atoms with van der Waals surface area (Å²) in [5, 5.41) is 1.07. The molecular formula is C25H26N2O5. The van der Waals surface area contributed by atoms with Gasteiger partial charge in [-0.2, -0.15) is 0 Å². The molecule has 0 radical (unpaired) electrons. The number of fused-ring (bicyclic) bond motifs is 1. The molecule has 2 heterocycles. The van der Waals surface area contributed by atoms with Gasteiger partial charge in [-0.3, -0.25) is 4.79 Å². The number of ether oxygens (including phenoxy) is 4. The molecule has 1 fully saturated rings. The third kappa shape index (κ3) is 4.61. The molecule has 0 saturated carbocycles. The monoisotopic (exact) mass is 434 g/mol. The lowest BCUT2D eigenvalue weighted by Crippen LogP contribution is -2.29. The van der Waals surface area contributed by atoms with Gasteiger partial charge in [-0.1, -0.05) is 18.2 Å². The second-order valence-corrected chi connectivity index (χ2v) is 7.45. The summed E-state index contributed by atoms with van der Waals surface area (Å²) in [6.45, 7) is 1.16. The standard InChI is InChI=1S/C25H26N2O5/c1-29-21-14-17(15-22(30-2)25(21)31-3)8-11-24(28)27-13-12-19(16-27)32-23-10-9-18-6-4-5-7-20(18)26-23/h4-11,14-15,19H,12-13,16H2,1-3H3/b11-8+. The van der Waals surface area contributed by atoms with Crippen LogP contribution in [0.2, 0.25) is 0 Å². The normalized spacial score (nSPS) is 15.8. The van der Waals surface area contributed by atoms with Crippen LogP contribution in [0, 0.1) is 0 Å². The van der Waals surface area contributed by atoms with Gasteiger partial charge in [0.25, 0.3) is 0 Å². The van der Waals surface area contributed by atoms with Crippen LogP contribution in [0.25, 0.3) is 17.0 Å². The third-order valence-corrected chi connectivity index (χ3v) is 5.42. The summed E-state index contributed by atoms with van der Waals surface area (Å²) in [6.07, 6.45) is 3.98. The topological polar surface area (TPSA) is 70.1 Å². The van der Waals surface area contributed by atoms with Crippen LogP contribution in [-0.2, 0) is 4.79 Å². The summed E-state index contributed by atoms with van der Waals surface area (Å²) in [7, 11) is 4.67. The smallest absolute Gasteiger partial charge is 0.246 e. The van der Waals surface area contributed by atoms with Crippen LogP contribution in [0.4, 0.5) is 0 Å². The zero-order valence-electron chi connectivity index (χ0n) is 18.4. The van der Waals surface area contributed by atoms with Crippen molar-refractivity contribution in [3.8, 4) is 23.1 Å². The Morgan fingerprint density at radius 3 is 2.50 bits per heavy atom. The van der Waals surface area contributed by atoms with Crippen LogP contribution < -0.4 is 18.9 Å². The van der Waals surface area contributed by atoms with Crippen LogP contribution in [-0.4, -0.2) is 56.3 Å². The van der Waals surface area contributed by atoms with Gasteiger partial charge < -0.3 is 23.8 Å². The predicted octanol–water partition coefficient (Wildman–Crippen LogP) is 3.95. The summed E-state index contributed by atoms with van der Waals surface area (Å²) in [5.41, 5.74) is 1.67. The summed E-state index contributed by atoms with van der Waals surface area (Å²) in [4.78, 5) is 19.0. The Morgan fingerprint density at radius 1 is 1.03 bits per heavy atom. The molecule has 0 spiro atoms. The summed E-state index contributed by atoms with van der Waals surface area (Å²) in [5.74, 6) is 2.10. The Bertz CT molecular complexity index is 1120. The number of carbonyl (C=O) groups excluding carboxylic acids is 1. The lowest BCUT2D eigenvalue weighted by Gasteiger charge is -2.16. The van der Waals surface area contributed by atoms with Crippen molar-refractivity contribution in [3.05, 3.63) is 60.2 Å². The van der Waals surface area contributed by atoms with E-state index < -0.39 is 0 Å². The van der Waals surface area contributed by atoms with Gasteiger partial charge >= 0.3 is 0 Å². The minimum absolute atomic E-state index is 0.0728. The number of hydrogen-bond acceptors (Lipinski definition) is 6. The van der Waals surface area contributed by atoms with E-state index in [9.17, 15) is 4.79 Å². The highest BCUT2D eigenvalue weighted by atomic mass is 16.5. The molecule has 0 bridgehead atoms. The number of carbonyl (C=O) groups is 1. The van der Waals surface area contributed by atoms with Gasteiger partial charge in [-0.15, -0.1) is 0 Å². The van der Waals surface area contributed by atoms with Gasteiger partial charge in [-0.05, 0) is 35.9 Å². The van der Waals surface area contributed by atoms with Gasteiger partial charge in [0.1, 0.15) is 6.10 Å². The molecule has 1 aliphatic heterocycles. The maximum absolute atomic E-state index is 12.7. The van der Waals surface area contributed by atoms with E-state index in [-0.39, 0.29) is 12.0 Å². The number of methoxy groups -OCH3 is 3. The number of rotatable bonds is 7. The Hall–Kier alpha value is -3.74. The van der Waals surface area contributed by atoms with E-state index >= 15 is 0 Å². The fourth-order valence-electron chi connectivity index (χ4n) is 3.78. The number of hydrogen-bond donors (Lipinski definition) is 0. The Morgan fingerprint density at radius 2 is 1.78 bits per heavy atom. The Labute approximate surface area is 187 Å². The molecule has 1 atom stereocenters. The molecule has 0 aliphatic carbocycles. The van der Waals surface area contributed by atoms with Crippen molar-refractivity contribution in [2.75, 3.05) is 34.4 Å². The number of pyridine rings is 1. The molecule has 2 aromatic carbocycles. The van der Waals surface area contributed by atoms with Crippen LogP contribution in [0.15, 0.2) is 54.6 Å². The minimum atomic E-state index is -0.0813. The zero-order chi connectivity index (χ0) is 22.5. The number of benzene rings is 2. The Kier molecular flexibility index (Phi) is 6.44. The fraction of sp³-hybridized carbons (Fsp3) is 0.280. The average molecular weight is 434 g/mol. The van der Waals surface area contributed by atoms with Gasteiger partial charge in [0, 0.05) is 30.5 Å². The van der Waals surface area contributed by atoms with Gasteiger partial charge in [-0.25, -0.2) is 4.98 Å². The molecule has 7 nitrogen and oxygen atoms in total. The number of likely N-dealkylation sites (tertiary alicyclic amines) is 1. The summed E-state index contributed by atoms with van der Waals surface area (Å²) >= 11 is 0. The lowest BCUT2D eigenvalue weighted by molar-refractivity contribution is -0.125. The van der Waals surface area contributed by atoms with Crippen LogP contribution in [0.5, 0.6) is 23.1 Å². The highest BCUT2D eigenvalue weighted by Gasteiger charge is 2.27. The number of amides is 1. The highest BCUT2D eigenvalue weighted by molar-refractivity contribution is 5.92. The van der Waals surface area contributed by atoms with E-state index in [2.05, 4.69) is 4.98 Å². The fourth-order valence-corrected chi connectivity index (χ4v) is 3.78. The molecule has 0 N–H and O–H groups in total. The van der Waals surface area contributed by atoms with Crippen molar-refractivity contribution in [1.29, 1.82) is 0 Å². The van der Waals surface area contributed by atoms with Crippen molar-refractivity contribution in [3.63, 3.8) is 0 Å². The van der Waals surface area contributed by atoms with Gasteiger partial charge in [0.05, 0.1) is 33.4 Å². The lowest BCUT2D eigenvalue weighted by atomic mass is 10.1. The van der Waals surface area contributed by atoms with E-state index in [0.717, 1.165) is 22.9 Å². The molecule has 7 heteroatoms. The van der Waals surface area contributed by atoms with E-state index in [4.69, 9.17) is 18.9 Å². The van der Waals surface area contributed by atoms with Crippen molar-refractivity contribution in [2.45, 2.75) is 12.5 Å². The quantitative estimate of drug-likeness (QED) is 0.525. The van der Waals surface area contributed by atoms with E-state index in [1.165, 1.54) is 0 Å². The van der Waals surface area contributed by atoms with Crippen LogP contribution >= 0.6 is 0 Å². The molecule has 166 valence electrons. The average Bonchev–Trinajstić information content (AvgIpc) is 3.30. The SMILES string of the molecule is COc1cc(/C=C/C(=O)N2CCC(Oc3ccc4ccccc4n3)C2)cc(OC)c1OC. The first-order valence-corrected chi connectivity index (χ1v) is 10.4. The summed E-state index contributed by atoms with van der Waals surface area (Å²) in [6, 6.07) is 15.4. The zero-order valence-corrected chi connectivity index (χ0v) is 18.4. The van der Waals surface area contributed by atoms with E-state index in [1.54, 1.807) is 50.5 Å². The first-order valence-electron chi connectivity index (χ1n) is 10.4. The van der Waals surface area contributed by atoms with Crippen molar-refractivity contribution >= 4 is 22.9 Å². The molecule has 1 amide bonds. The van der Waals surface area contributed by atoms with Gasteiger partial charge in [0.2, 0.25) is 17.5 Å². The molecule has 3 aromatic rings. The van der Waals surface area contributed by atoms with E-state index in [1.807, 2.05) is 36.4 Å². The third-order valence-electron chi connectivity index (χ3n) is 5.42. The molecule has 1 unspecified atom stereocenters. The molecule has 1 saturated heterocycles. The first kappa shape index (κ1) is 21.5. The second-order valence-electron chi connectivity index (χ2n) is 7.45. The second kappa shape index (κ2) is 9.60. The van der Waals surface area contributed by atoms with E-state index in [0.29, 0.717) is 36.2 Å². The number of aromatic nitrogens is 1. The van der Waals surface area contributed by atoms with Crippen LogP contribution in [0.1, 0.15) is 12.0 Å². The molecular weight excluding hydrogens is 408 g/mol. The molecule has 32 heavy (non-hydrogen) atoms. The van der Waals surface area contributed by atoms with Crippen LogP contribution in [0.3, 0.4) is 0 Å². The number of nitrogens with zero attached hydrogens (tertiary/aromatic N) is 2. The van der Waals surface area contributed by atoms with Gasteiger partial charge in [0.15, 0.2) is 11.5 Å². The molecule has 4 rings (SSSR count). The summed E-state index contributed by atoms with van der Waals surface area (Å²) < 4.78 is 22.1. The largest absolute Gasteiger partial charge is 0.493 e. The molecule has 1 aliphatic rings. The number of para-hydroxylation sites is 1. The maximum Gasteiger partial charge on any atom is 0.246 e. The van der Waals surface area contributed by atoms with Crippen molar-refractivity contribution in [1.82, 2.24) is 9.88 Å². The first-order chi connectivity index (χ1) is 15.6. The van der Waals surface area contributed by atoms with Crippen molar-refractivity contribution in [2.24, 2.45) is 0 Å².